The Morgan fingerprint density at radius 2 is 2.12 bits per heavy atom. The number of nitrogens with one attached hydrogen (secondary N) is 2. The van der Waals surface area contributed by atoms with E-state index in [1.165, 1.54) is 6.07 Å². The number of carboxylic acid groups (broad SMARTS) is 1. The molecule has 0 radical (unpaired) electrons. The van der Waals surface area contributed by atoms with Crippen molar-refractivity contribution in [3.63, 3.8) is 0 Å². The number of amides is 2. The summed E-state index contributed by atoms with van der Waals surface area (Å²) in [6.07, 6.45) is 1.28. The number of hydrogen-bond acceptors (Lipinski definition) is 4. The molecule has 0 bridgehead atoms. The third kappa shape index (κ3) is 3.93. The lowest BCUT2D eigenvalue weighted by atomic mass is 9.89. The van der Waals surface area contributed by atoms with Crippen molar-refractivity contribution in [1.29, 1.82) is 0 Å². The van der Waals surface area contributed by atoms with Gasteiger partial charge in [0.2, 0.25) is 11.8 Å². The van der Waals surface area contributed by atoms with Crippen LogP contribution in [0.3, 0.4) is 0 Å². The average molecular weight is 356 g/mol. The number of hydrogen-bond donors (Lipinski definition) is 3. The molecule has 1 aromatic heterocycles. The van der Waals surface area contributed by atoms with Crippen molar-refractivity contribution >= 4 is 23.5 Å². The van der Waals surface area contributed by atoms with Gasteiger partial charge in [-0.15, -0.1) is 0 Å². The summed E-state index contributed by atoms with van der Waals surface area (Å²) >= 11 is 0. The van der Waals surface area contributed by atoms with E-state index < -0.39 is 5.97 Å². The summed E-state index contributed by atoms with van der Waals surface area (Å²) in [4.78, 5) is 35.2. The summed E-state index contributed by atoms with van der Waals surface area (Å²) in [7, 11) is 0. The van der Waals surface area contributed by atoms with E-state index in [1.807, 2.05) is 24.3 Å². The van der Waals surface area contributed by atoms with Gasteiger partial charge in [-0.05, 0) is 37.5 Å². The van der Waals surface area contributed by atoms with E-state index in [2.05, 4.69) is 10.6 Å². The standard InChI is InChI=1S/C19H20N2O5/c1-11-15(19(24)25)9-14(26-11)10-20-17(22)7-6-13-8-12-4-2-3-5-16(12)21-18(13)23/h2-5,9,13H,6-8,10H2,1H3,(H,20,22)(H,21,23)(H,24,25)/t13-/m0/s1. The van der Waals surface area contributed by atoms with Crippen LogP contribution in [0.15, 0.2) is 34.7 Å². The van der Waals surface area contributed by atoms with Gasteiger partial charge in [0.05, 0.1) is 6.54 Å². The van der Waals surface area contributed by atoms with Gasteiger partial charge in [0.25, 0.3) is 0 Å². The molecule has 1 atom stereocenters. The van der Waals surface area contributed by atoms with Crippen molar-refractivity contribution in [1.82, 2.24) is 5.32 Å². The number of carboxylic acids is 1. The Labute approximate surface area is 150 Å². The Balaban J connectivity index is 1.49. The smallest absolute Gasteiger partial charge is 0.339 e. The van der Waals surface area contributed by atoms with Crippen LogP contribution in [0.1, 0.15) is 40.3 Å². The fraction of sp³-hybridized carbons (Fsp3) is 0.316. The number of furan rings is 1. The summed E-state index contributed by atoms with van der Waals surface area (Å²) in [5.74, 6) is -0.878. The van der Waals surface area contributed by atoms with Crippen LogP contribution >= 0.6 is 0 Å². The predicted octanol–water partition coefficient (Wildman–Crippen LogP) is 2.49. The van der Waals surface area contributed by atoms with E-state index in [0.29, 0.717) is 24.4 Å². The van der Waals surface area contributed by atoms with Crippen molar-refractivity contribution in [2.45, 2.75) is 32.7 Å². The second-order valence-corrected chi connectivity index (χ2v) is 6.35. The maximum atomic E-state index is 12.1. The molecule has 136 valence electrons. The summed E-state index contributed by atoms with van der Waals surface area (Å²) in [6, 6.07) is 9.05. The van der Waals surface area contributed by atoms with E-state index >= 15 is 0 Å². The van der Waals surface area contributed by atoms with Gasteiger partial charge in [0.1, 0.15) is 17.1 Å². The average Bonchev–Trinajstić information content (AvgIpc) is 2.99. The molecule has 2 heterocycles. The van der Waals surface area contributed by atoms with Crippen molar-refractivity contribution in [3.05, 3.63) is 53.0 Å². The van der Waals surface area contributed by atoms with E-state index in [1.54, 1.807) is 6.92 Å². The van der Waals surface area contributed by atoms with Gasteiger partial charge in [-0.3, -0.25) is 9.59 Å². The van der Waals surface area contributed by atoms with Gasteiger partial charge in [-0.2, -0.15) is 0 Å². The molecule has 0 spiro atoms. The molecule has 7 nitrogen and oxygen atoms in total. The van der Waals surface area contributed by atoms with Crippen LogP contribution in [0.4, 0.5) is 5.69 Å². The van der Waals surface area contributed by atoms with E-state index in [9.17, 15) is 14.4 Å². The third-order valence-electron chi connectivity index (χ3n) is 4.49. The van der Waals surface area contributed by atoms with Gasteiger partial charge in [-0.1, -0.05) is 18.2 Å². The molecule has 0 saturated heterocycles. The molecule has 0 aliphatic carbocycles. The van der Waals surface area contributed by atoms with Crippen LogP contribution in [-0.4, -0.2) is 22.9 Å². The maximum absolute atomic E-state index is 12.1. The number of fused-ring (bicyclic) bond motifs is 1. The highest BCUT2D eigenvalue weighted by atomic mass is 16.4. The summed E-state index contributed by atoms with van der Waals surface area (Å²) in [6.45, 7) is 1.68. The van der Waals surface area contributed by atoms with Crippen molar-refractivity contribution in [3.8, 4) is 0 Å². The fourth-order valence-corrected chi connectivity index (χ4v) is 3.07. The lowest BCUT2D eigenvalue weighted by Crippen LogP contribution is -2.31. The molecule has 0 saturated carbocycles. The second kappa shape index (κ2) is 7.43. The summed E-state index contributed by atoms with van der Waals surface area (Å²) in [5, 5.41) is 14.6. The number of rotatable bonds is 6. The number of benzene rings is 1. The molecule has 0 unspecified atom stereocenters. The highest BCUT2D eigenvalue weighted by molar-refractivity contribution is 5.96. The number of para-hydroxylation sites is 1. The topological polar surface area (TPSA) is 109 Å². The van der Waals surface area contributed by atoms with Crippen molar-refractivity contribution < 1.29 is 23.9 Å². The van der Waals surface area contributed by atoms with E-state index in [-0.39, 0.29) is 36.3 Å². The van der Waals surface area contributed by atoms with Crippen molar-refractivity contribution in [2.75, 3.05) is 5.32 Å². The zero-order valence-electron chi connectivity index (χ0n) is 14.4. The minimum atomic E-state index is -1.06. The SMILES string of the molecule is Cc1oc(CNC(=O)CC[C@H]2Cc3ccccc3NC2=O)cc1C(=O)O. The fourth-order valence-electron chi connectivity index (χ4n) is 3.07. The maximum Gasteiger partial charge on any atom is 0.339 e. The predicted molar refractivity (Wildman–Crippen MR) is 93.8 cm³/mol. The number of carbonyl (C=O) groups excluding carboxylic acids is 2. The van der Waals surface area contributed by atoms with E-state index in [4.69, 9.17) is 9.52 Å². The Bertz CT molecular complexity index is 855. The van der Waals surface area contributed by atoms with Gasteiger partial charge in [-0.25, -0.2) is 4.79 Å². The number of aromatic carboxylic acids is 1. The van der Waals surface area contributed by atoms with Crippen LogP contribution < -0.4 is 10.6 Å². The Kier molecular flexibility index (Phi) is 5.06. The minimum Gasteiger partial charge on any atom is -0.478 e. The molecule has 26 heavy (non-hydrogen) atoms. The molecule has 1 aromatic carbocycles. The molecule has 2 amide bonds. The normalized spacial score (nSPS) is 15.9. The Morgan fingerprint density at radius 3 is 2.85 bits per heavy atom. The number of aryl methyl sites for hydroxylation is 1. The molecule has 0 fully saturated rings. The monoisotopic (exact) mass is 356 g/mol. The van der Waals surface area contributed by atoms with Gasteiger partial charge >= 0.3 is 5.97 Å². The zero-order valence-corrected chi connectivity index (χ0v) is 14.4. The molecule has 7 heteroatoms. The first-order valence-corrected chi connectivity index (χ1v) is 8.42. The molecule has 3 N–H and O–H groups in total. The van der Waals surface area contributed by atoms with Crippen LogP contribution in [-0.2, 0) is 22.6 Å². The second-order valence-electron chi connectivity index (χ2n) is 6.35. The van der Waals surface area contributed by atoms with E-state index in [0.717, 1.165) is 11.3 Å². The molecule has 2 aromatic rings. The van der Waals surface area contributed by atoms with Crippen LogP contribution in [0.2, 0.25) is 0 Å². The third-order valence-corrected chi connectivity index (χ3v) is 4.49. The highest BCUT2D eigenvalue weighted by Crippen LogP contribution is 2.27. The van der Waals surface area contributed by atoms with Crippen LogP contribution in [0.25, 0.3) is 0 Å². The lowest BCUT2D eigenvalue weighted by Gasteiger charge is -2.24. The Hall–Kier alpha value is -3.09. The molecular weight excluding hydrogens is 336 g/mol. The summed E-state index contributed by atoms with van der Waals surface area (Å²) < 4.78 is 5.32. The lowest BCUT2D eigenvalue weighted by molar-refractivity contribution is -0.123. The summed E-state index contributed by atoms with van der Waals surface area (Å²) in [5.41, 5.74) is 2.00. The van der Waals surface area contributed by atoms with Crippen LogP contribution in [0, 0.1) is 12.8 Å². The first-order valence-electron chi connectivity index (χ1n) is 8.42. The number of carbonyl (C=O) groups is 3. The molecule has 3 rings (SSSR count). The first-order chi connectivity index (χ1) is 12.4. The molecular formula is C19H20N2O5. The van der Waals surface area contributed by atoms with Gasteiger partial charge < -0.3 is 20.2 Å². The molecule has 1 aliphatic rings. The minimum absolute atomic E-state index is 0.0655. The van der Waals surface area contributed by atoms with Crippen molar-refractivity contribution in [2.24, 2.45) is 5.92 Å². The number of anilines is 1. The quantitative estimate of drug-likeness (QED) is 0.737. The van der Waals surface area contributed by atoms with Crippen LogP contribution in [0.5, 0.6) is 0 Å². The largest absolute Gasteiger partial charge is 0.478 e. The highest BCUT2D eigenvalue weighted by Gasteiger charge is 2.26. The molecule has 1 aliphatic heterocycles. The first kappa shape index (κ1) is 17.7. The Morgan fingerprint density at radius 1 is 1.35 bits per heavy atom. The van der Waals surface area contributed by atoms with Gasteiger partial charge in [0.15, 0.2) is 0 Å². The van der Waals surface area contributed by atoms with Gasteiger partial charge in [0, 0.05) is 18.0 Å². The zero-order chi connectivity index (χ0) is 18.7.